The highest BCUT2D eigenvalue weighted by atomic mass is 32.2. The van der Waals surface area contributed by atoms with E-state index in [1.54, 1.807) is 12.1 Å². The van der Waals surface area contributed by atoms with E-state index >= 15 is 0 Å². The van der Waals surface area contributed by atoms with Gasteiger partial charge in [-0.1, -0.05) is 29.8 Å². The molecular formula is C21H25N3O4S. The summed E-state index contributed by atoms with van der Waals surface area (Å²) in [5.74, 6) is 0.190. The number of amides is 1. The van der Waals surface area contributed by atoms with Gasteiger partial charge in [-0.15, -0.1) is 11.8 Å². The number of rotatable bonds is 8. The molecule has 1 fully saturated rings. The highest BCUT2D eigenvalue weighted by Gasteiger charge is 2.20. The van der Waals surface area contributed by atoms with Crippen LogP contribution < -0.4 is 5.32 Å². The first kappa shape index (κ1) is 21.3. The zero-order chi connectivity index (χ0) is 20.6. The van der Waals surface area contributed by atoms with E-state index in [1.165, 1.54) is 29.5 Å². The van der Waals surface area contributed by atoms with Crippen molar-refractivity contribution in [2.75, 3.05) is 38.6 Å². The fourth-order valence-electron chi connectivity index (χ4n) is 3.12. The molecule has 0 aromatic heterocycles. The molecule has 0 spiro atoms. The number of morpholine rings is 1. The number of benzene rings is 2. The zero-order valence-corrected chi connectivity index (χ0v) is 17.2. The summed E-state index contributed by atoms with van der Waals surface area (Å²) in [5, 5.41) is 13.9. The van der Waals surface area contributed by atoms with Gasteiger partial charge in [0.15, 0.2) is 0 Å². The third-order valence-electron chi connectivity index (χ3n) is 4.78. The van der Waals surface area contributed by atoms with Gasteiger partial charge < -0.3 is 10.1 Å². The van der Waals surface area contributed by atoms with Crippen molar-refractivity contribution in [3.63, 3.8) is 0 Å². The summed E-state index contributed by atoms with van der Waals surface area (Å²) in [6.45, 7) is 5.92. The number of aryl methyl sites for hydroxylation is 1. The number of hydrogen-bond acceptors (Lipinski definition) is 6. The molecule has 1 atom stereocenters. The van der Waals surface area contributed by atoms with Crippen molar-refractivity contribution >= 4 is 23.4 Å². The highest BCUT2D eigenvalue weighted by molar-refractivity contribution is 8.00. The van der Waals surface area contributed by atoms with Crippen LogP contribution in [0.2, 0.25) is 0 Å². The number of hydrogen-bond donors (Lipinski definition) is 1. The Bertz CT molecular complexity index is 821. The summed E-state index contributed by atoms with van der Waals surface area (Å²) >= 11 is 1.37. The number of carbonyl (C=O) groups excluding carboxylic acids is 1. The summed E-state index contributed by atoms with van der Waals surface area (Å²) in [4.78, 5) is 26.0. The smallest absolute Gasteiger partial charge is 0.269 e. The minimum absolute atomic E-state index is 0.0451. The number of non-ortho nitro benzene ring substituents is 1. The molecule has 2 aromatic carbocycles. The maximum atomic E-state index is 12.6. The fraction of sp³-hybridized carbons (Fsp3) is 0.381. The molecule has 1 N–H and O–H groups in total. The quantitative estimate of drug-likeness (QED) is 0.405. The average Bonchev–Trinajstić information content (AvgIpc) is 2.73. The second-order valence-corrected chi connectivity index (χ2v) is 8.03. The summed E-state index contributed by atoms with van der Waals surface area (Å²) in [5.41, 5.74) is 2.30. The van der Waals surface area contributed by atoms with E-state index in [2.05, 4.69) is 34.5 Å². The van der Waals surface area contributed by atoms with E-state index < -0.39 is 4.92 Å². The van der Waals surface area contributed by atoms with Crippen LogP contribution in [0.15, 0.2) is 53.4 Å². The molecule has 1 saturated heterocycles. The molecule has 8 heteroatoms. The molecule has 0 aliphatic carbocycles. The zero-order valence-electron chi connectivity index (χ0n) is 16.4. The molecule has 0 bridgehead atoms. The van der Waals surface area contributed by atoms with Crippen molar-refractivity contribution in [1.82, 2.24) is 10.2 Å². The van der Waals surface area contributed by atoms with Crippen molar-refractivity contribution in [2.45, 2.75) is 17.9 Å². The van der Waals surface area contributed by atoms with Crippen molar-refractivity contribution in [3.8, 4) is 0 Å². The van der Waals surface area contributed by atoms with E-state index in [0.717, 1.165) is 30.1 Å². The lowest BCUT2D eigenvalue weighted by molar-refractivity contribution is -0.384. The molecule has 0 radical (unpaired) electrons. The summed E-state index contributed by atoms with van der Waals surface area (Å²) in [6.07, 6.45) is 0. The predicted molar refractivity (Wildman–Crippen MR) is 113 cm³/mol. The minimum atomic E-state index is -0.432. The first-order valence-corrected chi connectivity index (χ1v) is 10.5. The topological polar surface area (TPSA) is 84.7 Å². The number of nitrogens with one attached hydrogen (secondary N) is 1. The lowest BCUT2D eigenvalue weighted by Gasteiger charge is -2.31. The summed E-state index contributed by atoms with van der Waals surface area (Å²) in [6, 6.07) is 14.4. The van der Waals surface area contributed by atoms with Gasteiger partial charge in [0, 0.05) is 36.7 Å². The average molecular weight is 416 g/mol. The van der Waals surface area contributed by atoms with Crippen LogP contribution >= 0.6 is 11.8 Å². The lowest BCUT2D eigenvalue weighted by atomic mass is 10.0. The van der Waals surface area contributed by atoms with Gasteiger partial charge in [-0.05, 0) is 24.6 Å². The Balaban J connectivity index is 1.60. The number of nitro groups is 1. The molecule has 1 aliphatic rings. The van der Waals surface area contributed by atoms with Crippen LogP contribution in [0.1, 0.15) is 17.2 Å². The largest absolute Gasteiger partial charge is 0.379 e. The number of thioether (sulfide) groups is 1. The normalized spacial score (nSPS) is 15.6. The Hall–Kier alpha value is -2.42. The molecule has 29 heavy (non-hydrogen) atoms. The SMILES string of the molecule is Cc1ccc([C@H](CN2CCOCC2)NC(=O)CSc2ccc([N+](=O)[O-])cc2)cc1. The van der Waals surface area contributed by atoms with E-state index in [9.17, 15) is 14.9 Å². The van der Waals surface area contributed by atoms with Gasteiger partial charge in [0.05, 0.1) is 29.9 Å². The van der Waals surface area contributed by atoms with Gasteiger partial charge in [0.2, 0.25) is 5.91 Å². The van der Waals surface area contributed by atoms with E-state index in [-0.39, 0.29) is 23.4 Å². The Kier molecular flexibility index (Phi) is 7.62. The van der Waals surface area contributed by atoms with Gasteiger partial charge >= 0.3 is 0 Å². The highest BCUT2D eigenvalue weighted by Crippen LogP contribution is 2.22. The molecule has 1 aliphatic heterocycles. The van der Waals surface area contributed by atoms with E-state index in [4.69, 9.17) is 4.74 Å². The molecular weight excluding hydrogens is 390 g/mol. The van der Waals surface area contributed by atoms with Crippen LogP contribution in [-0.2, 0) is 9.53 Å². The molecule has 7 nitrogen and oxygen atoms in total. The third kappa shape index (κ3) is 6.56. The Morgan fingerprint density at radius 1 is 1.17 bits per heavy atom. The monoisotopic (exact) mass is 415 g/mol. The summed E-state index contributed by atoms with van der Waals surface area (Å²) < 4.78 is 5.42. The molecule has 1 amide bonds. The van der Waals surface area contributed by atoms with Gasteiger partial charge in [-0.3, -0.25) is 19.8 Å². The van der Waals surface area contributed by atoms with Gasteiger partial charge in [0.1, 0.15) is 0 Å². The minimum Gasteiger partial charge on any atom is -0.379 e. The molecule has 2 aromatic rings. The van der Waals surface area contributed by atoms with Crippen LogP contribution in [0.3, 0.4) is 0 Å². The lowest BCUT2D eigenvalue weighted by Crippen LogP contribution is -2.43. The standard InChI is InChI=1S/C21H25N3O4S/c1-16-2-4-17(5-3-16)20(14-23-10-12-28-13-11-23)22-21(25)15-29-19-8-6-18(7-9-19)24(26)27/h2-9,20H,10-15H2,1H3,(H,22,25)/t20-/m0/s1. The maximum absolute atomic E-state index is 12.6. The first-order valence-electron chi connectivity index (χ1n) is 9.54. The number of nitrogens with zero attached hydrogens (tertiary/aromatic N) is 2. The van der Waals surface area contributed by atoms with Crippen LogP contribution in [0.4, 0.5) is 5.69 Å². The van der Waals surface area contributed by atoms with Gasteiger partial charge in [-0.25, -0.2) is 0 Å². The molecule has 0 saturated carbocycles. The van der Waals surface area contributed by atoms with Crippen molar-refractivity contribution in [2.24, 2.45) is 0 Å². The van der Waals surface area contributed by atoms with Crippen LogP contribution in [0.25, 0.3) is 0 Å². The van der Waals surface area contributed by atoms with Crippen LogP contribution in [0.5, 0.6) is 0 Å². The number of nitro benzene ring substituents is 1. The second-order valence-electron chi connectivity index (χ2n) is 6.98. The maximum Gasteiger partial charge on any atom is 0.269 e. The third-order valence-corrected chi connectivity index (χ3v) is 5.79. The predicted octanol–water partition coefficient (Wildman–Crippen LogP) is 3.19. The second kappa shape index (κ2) is 10.4. The first-order chi connectivity index (χ1) is 14.0. The van der Waals surface area contributed by atoms with E-state index in [1.807, 2.05) is 6.92 Å². The van der Waals surface area contributed by atoms with Crippen LogP contribution in [0, 0.1) is 17.0 Å². The fourth-order valence-corrected chi connectivity index (χ4v) is 3.83. The Labute approximate surface area is 174 Å². The molecule has 3 rings (SSSR count). The van der Waals surface area contributed by atoms with Crippen molar-refractivity contribution < 1.29 is 14.5 Å². The van der Waals surface area contributed by atoms with Gasteiger partial charge in [0.25, 0.3) is 5.69 Å². The van der Waals surface area contributed by atoms with Gasteiger partial charge in [-0.2, -0.15) is 0 Å². The Morgan fingerprint density at radius 3 is 2.45 bits per heavy atom. The van der Waals surface area contributed by atoms with Crippen molar-refractivity contribution in [3.05, 3.63) is 69.8 Å². The van der Waals surface area contributed by atoms with Crippen LogP contribution in [-0.4, -0.2) is 54.3 Å². The molecule has 1 heterocycles. The number of carbonyl (C=O) groups is 1. The van der Waals surface area contributed by atoms with Crippen molar-refractivity contribution in [1.29, 1.82) is 0 Å². The number of ether oxygens (including phenoxy) is 1. The molecule has 0 unspecified atom stereocenters. The Morgan fingerprint density at radius 2 is 1.83 bits per heavy atom. The van der Waals surface area contributed by atoms with E-state index in [0.29, 0.717) is 13.2 Å². The molecule has 154 valence electrons. The summed E-state index contributed by atoms with van der Waals surface area (Å²) in [7, 11) is 0.